The van der Waals surface area contributed by atoms with Gasteiger partial charge in [0.05, 0.1) is 6.10 Å². The Balaban J connectivity index is 1.72. The van der Waals surface area contributed by atoms with E-state index >= 15 is 0 Å². The molecule has 3 nitrogen and oxygen atoms in total. The Morgan fingerprint density at radius 2 is 2.00 bits per heavy atom. The normalized spacial score (nSPS) is 18.3. The predicted octanol–water partition coefficient (Wildman–Crippen LogP) is 3.33. The maximum atomic E-state index is 13.7. The van der Waals surface area contributed by atoms with Crippen LogP contribution in [0.15, 0.2) is 46.9 Å². The van der Waals surface area contributed by atoms with E-state index in [9.17, 15) is 9.50 Å². The molecule has 1 heterocycles. The number of benzene rings is 2. The summed E-state index contributed by atoms with van der Waals surface area (Å²) in [4.78, 5) is 0. The van der Waals surface area contributed by atoms with E-state index in [0.717, 1.165) is 4.47 Å². The molecule has 21 heavy (non-hydrogen) atoms. The highest BCUT2D eigenvalue weighted by molar-refractivity contribution is 9.10. The van der Waals surface area contributed by atoms with Gasteiger partial charge < -0.3 is 14.6 Å². The minimum Gasteiger partial charge on any atom is -0.486 e. The Kier molecular flexibility index (Phi) is 4.12. The number of hydrogen-bond acceptors (Lipinski definition) is 3. The van der Waals surface area contributed by atoms with Crippen molar-refractivity contribution in [3.05, 3.63) is 58.3 Å². The number of ether oxygens (including phenoxy) is 2. The van der Waals surface area contributed by atoms with Gasteiger partial charge in [-0.2, -0.15) is 0 Å². The van der Waals surface area contributed by atoms with E-state index < -0.39 is 12.2 Å². The van der Waals surface area contributed by atoms with Crippen LogP contribution in [0.2, 0.25) is 0 Å². The number of hydrogen-bond donors (Lipinski definition) is 1. The lowest BCUT2D eigenvalue weighted by atomic mass is 10.0. The van der Waals surface area contributed by atoms with Crippen LogP contribution in [0.25, 0.3) is 0 Å². The van der Waals surface area contributed by atoms with Gasteiger partial charge in [0.2, 0.25) is 0 Å². The third-order valence-corrected chi connectivity index (χ3v) is 3.89. The van der Waals surface area contributed by atoms with Crippen molar-refractivity contribution < 1.29 is 19.0 Å². The maximum absolute atomic E-state index is 13.7. The molecule has 3 rings (SSSR count). The molecule has 0 fully saturated rings. The Hall–Kier alpha value is -1.59. The van der Waals surface area contributed by atoms with Crippen molar-refractivity contribution in [1.82, 2.24) is 0 Å². The lowest BCUT2D eigenvalue weighted by Crippen LogP contribution is -2.40. The minimum atomic E-state index is -0.845. The van der Waals surface area contributed by atoms with E-state index in [0.29, 0.717) is 17.1 Å². The second kappa shape index (κ2) is 6.03. The molecule has 5 heteroatoms. The predicted molar refractivity (Wildman–Crippen MR) is 80.2 cm³/mol. The van der Waals surface area contributed by atoms with Gasteiger partial charge >= 0.3 is 0 Å². The number of fused-ring (bicyclic) bond motifs is 1. The third-order valence-electron chi connectivity index (χ3n) is 3.40. The summed E-state index contributed by atoms with van der Waals surface area (Å²) in [6, 6.07) is 12.0. The van der Waals surface area contributed by atoms with E-state index in [4.69, 9.17) is 9.47 Å². The Labute approximate surface area is 130 Å². The molecule has 1 N–H and O–H groups in total. The highest BCUT2D eigenvalue weighted by Crippen LogP contribution is 2.32. The van der Waals surface area contributed by atoms with E-state index in [1.807, 2.05) is 18.2 Å². The fourth-order valence-electron chi connectivity index (χ4n) is 2.28. The molecule has 0 aliphatic carbocycles. The van der Waals surface area contributed by atoms with Crippen molar-refractivity contribution >= 4 is 15.9 Å². The molecule has 2 atom stereocenters. The number of para-hydroxylation sites is 2. The zero-order valence-corrected chi connectivity index (χ0v) is 12.7. The first-order valence-corrected chi connectivity index (χ1v) is 7.43. The summed E-state index contributed by atoms with van der Waals surface area (Å²) in [7, 11) is 0. The minimum absolute atomic E-state index is 0.168. The van der Waals surface area contributed by atoms with E-state index in [2.05, 4.69) is 15.9 Å². The quantitative estimate of drug-likeness (QED) is 0.920. The Morgan fingerprint density at radius 1 is 1.24 bits per heavy atom. The summed E-state index contributed by atoms with van der Waals surface area (Å²) in [6.45, 7) is 0.244. The Bertz CT molecular complexity index is 647. The third kappa shape index (κ3) is 3.19. The van der Waals surface area contributed by atoms with Gasteiger partial charge in [0.25, 0.3) is 0 Å². The van der Waals surface area contributed by atoms with Crippen LogP contribution in [0.5, 0.6) is 11.5 Å². The standard InChI is InChI=1S/C16H14BrFO3/c17-11-5-6-12(18)10(7-11)8-13(19)16-9-20-14-3-1-2-4-15(14)21-16/h1-7,13,16,19H,8-9H2. The van der Waals surface area contributed by atoms with Gasteiger partial charge in [-0.3, -0.25) is 0 Å². The van der Waals surface area contributed by atoms with Crippen LogP contribution in [0, 0.1) is 5.82 Å². The first-order valence-electron chi connectivity index (χ1n) is 6.64. The summed E-state index contributed by atoms with van der Waals surface area (Å²) in [5.41, 5.74) is 0.444. The molecule has 1 aliphatic heterocycles. The molecule has 0 radical (unpaired) electrons. The van der Waals surface area contributed by atoms with Crippen LogP contribution in [0.3, 0.4) is 0 Å². The molecular weight excluding hydrogens is 339 g/mol. The van der Waals surface area contributed by atoms with Crippen molar-refractivity contribution in [2.24, 2.45) is 0 Å². The number of rotatable bonds is 3. The number of aliphatic hydroxyl groups is 1. The van der Waals surface area contributed by atoms with Crippen LogP contribution in [0.4, 0.5) is 4.39 Å². The van der Waals surface area contributed by atoms with Crippen LogP contribution >= 0.6 is 15.9 Å². The zero-order chi connectivity index (χ0) is 14.8. The molecule has 0 bridgehead atoms. The van der Waals surface area contributed by atoms with Gasteiger partial charge in [-0.05, 0) is 35.9 Å². The molecule has 0 amide bonds. The molecule has 2 aromatic rings. The second-order valence-corrected chi connectivity index (χ2v) is 5.84. The average Bonchev–Trinajstić information content (AvgIpc) is 2.50. The smallest absolute Gasteiger partial charge is 0.161 e. The van der Waals surface area contributed by atoms with Crippen LogP contribution < -0.4 is 9.47 Å². The van der Waals surface area contributed by atoms with Crippen molar-refractivity contribution in [1.29, 1.82) is 0 Å². The van der Waals surface area contributed by atoms with Gasteiger partial charge in [-0.1, -0.05) is 28.1 Å². The summed E-state index contributed by atoms with van der Waals surface area (Å²) in [6.07, 6.45) is -1.19. The molecule has 0 aromatic heterocycles. The first kappa shape index (κ1) is 14.4. The van der Waals surface area contributed by atoms with Gasteiger partial charge in [0.1, 0.15) is 12.4 Å². The molecular formula is C16H14BrFO3. The lowest BCUT2D eigenvalue weighted by Gasteiger charge is -2.29. The van der Waals surface area contributed by atoms with E-state index in [1.54, 1.807) is 18.2 Å². The average molecular weight is 353 g/mol. The van der Waals surface area contributed by atoms with E-state index in [-0.39, 0.29) is 18.8 Å². The highest BCUT2D eigenvalue weighted by atomic mass is 79.9. The summed E-state index contributed by atoms with van der Waals surface area (Å²) in [5, 5.41) is 10.3. The van der Waals surface area contributed by atoms with Crippen LogP contribution in [0.1, 0.15) is 5.56 Å². The fraction of sp³-hybridized carbons (Fsp3) is 0.250. The van der Waals surface area contributed by atoms with Gasteiger partial charge in [0.15, 0.2) is 17.6 Å². The number of halogens is 2. The fourth-order valence-corrected chi connectivity index (χ4v) is 2.69. The van der Waals surface area contributed by atoms with Gasteiger partial charge in [-0.25, -0.2) is 4.39 Å². The highest BCUT2D eigenvalue weighted by Gasteiger charge is 2.28. The summed E-state index contributed by atoms with van der Waals surface area (Å²) in [5.74, 6) is 0.923. The van der Waals surface area contributed by atoms with Crippen LogP contribution in [-0.4, -0.2) is 23.9 Å². The van der Waals surface area contributed by atoms with Crippen molar-refractivity contribution in [2.75, 3.05) is 6.61 Å². The van der Waals surface area contributed by atoms with Crippen molar-refractivity contribution in [2.45, 2.75) is 18.6 Å². The molecule has 110 valence electrons. The second-order valence-electron chi connectivity index (χ2n) is 4.92. The molecule has 0 spiro atoms. The first-order chi connectivity index (χ1) is 10.1. The van der Waals surface area contributed by atoms with Crippen molar-refractivity contribution in [3.8, 4) is 11.5 Å². The summed E-state index contributed by atoms with van der Waals surface area (Å²) < 4.78 is 25.8. The topological polar surface area (TPSA) is 38.7 Å². The maximum Gasteiger partial charge on any atom is 0.161 e. The van der Waals surface area contributed by atoms with Crippen molar-refractivity contribution in [3.63, 3.8) is 0 Å². The monoisotopic (exact) mass is 352 g/mol. The molecule has 0 saturated heterocycles. The summed E-state index contributed by atoms with van der Waals surface area (Å²) >= 11 is 3.30. The van der Waals surface area contributed by atoms with E-state index in [1.165, 1.54) is 6.07 Å². The molecule has 0 saturated carbocycles. The SMILES string of the molecule is OC(Cc1cc(Br)ccc1F)C1COc2ccccc2O1. The van der Waals surface area contributed by atoms with Gasteiger partial charge in [0, 0.05) is 10.9 Å². The van der Waals surface area contributed by atoms with Crippen LogP contribution in [-0.2, 0) is 6.42 Å². The molecule has 2 unspecified atom stereocenters. The number of aliphatic hydroxyl groups excluding tert-OH is 1. The lowest BCUT2D eigenvalue weighted by molar-refractivity contribution is -0.00974. The Morgan fingerprint density at radius 3 is 2.81 bits per heavy atom. The largest absolute Gasteiger partial charge is 0.486 e. The zero-order valence-electron chi connectivity index (χ0n) is 11.1. The van der Waals surface area contributed by atoms with Gasteiger partial charge in [-0.15, -0.1) is 0 Å². The molecule has 1 aliphatic rings. The molecule has 2 aromatic carbocycles.